The Bertz CT molecular complexity index is 3520. The molecule has 6 aromatic carbocycles. The maximum absolute atomic E-state index is 7.75. The average Bonchev–Trinajstić information content (AvgIpc) is 0.776. The van der Waals surface area contributed by atoms with Gasteiger partial charge in [-0.2, -0.15) is 0 Å². The number of aryl methyl sites for hydroxylation is 4. The lowest BCUT2D eigenvalue weighted by molar-refractivity contribution is 0.367. The lowest BCUT2D eigenvalue weighted by atomic mass is 9.70. The zero-order valence-corrected chi connectivity index (χ0v) is 76.1. The zero-order valence-electron chi connectivity index (χ0n) is 82.1. The molecule has 0 nitrogen and oxygen atoms in total. The normalized spacial score (nSPS) is 13.2. The molecular formula is C104H174. The van der Waals surface area contributed by atoms with E-state index in [1.54, 1.807) is 45.5 Å². The van der Waals surface area contributed by atoms with Gasteiger partial charge in [-0.3, -0.25) is 0 Å². The molecule has 590 valence electrons. The first-order chi connectivity index (χ1) is 50.3. The van der Waals surface area contributed by atoms with E-state index in [-0.39, 0.29) is 28.1 Å². The fourth-order valence-corrected chi connectivity index (χ4v) is 14.6. The Morgan fingerprint density at radius 1 is 0.250 bits per heavy atom. The van der Waals surface area contributed by atoms with E-state index in [2.05, 4.69) is 362 Å². The fraction of sp³-hybridized carbons (Fsp3) is 0.654. The van der Waals surface area contributed by atoms with E-state index >= 15 is 0 Å². The Labute approximate surface area is 660 Å². The average molecular weight is 1430 g/mol. The molecule has 0 heteroatoms. The predicted molar refractivity (Wildman–Crippen MR) is 478 cm³/mol. The van der Waals surface area contributed by atoms with Gasteiger partial charge >= 0.3 is 0 Å². The van der Waals surface area contributed by atoms with Crippen molar-refractivity contribution in [3.63, 3.8) is 0 Å². The summed E-state index contributed by atoms with van der Waals surface area (Å²) in [6.45, 7) is 86.5. The molecule has 6 aromatic rings. The highest BCUT2D eigenvalue weighted by atomic mass is 14.4. The fourth-order valence-electron chi connectivity index (χ4n) is 14.6. The number of hydrogen-bond donors (Lipinski definition) is 0. The van der Waals surface area contributed by atoms with Crippen molar-refractivity contribution in [3.8, 4) is 0 Å². The Morgan fingerprint density at radius 3 is 0.760 bits per heavy atom. The van der Waals surface area contributed by atoms with Crippen molar-refractivity contribution in [2.24, 2.45) is 47.3 Å². The monoisotopic (exact) mass is 1430 g/mol. The molecule has 0 unspecified atom stereocenters. The molecule has 0 aliphatic rings. The minimum absolute atomic E-state index is 0.0269. The molecule has 0 aliphatic carbocycles. The van der Waals surface area contributed by atoms with Crippen LogP contribution in [-0.4, -0.2) is 0 Å². The summed E-state index contributed by atoms with van der Waals surface area (Å²) < 4.78 is 46.1. The van der Waals surface area contributed by atoms with Crippen molar-refractivity contribution in [1.82, 2.24) is 0 Å². The first-order valence-electron chi connectivity index (χ1n) is 45.0. The SMILES string of the molecule is CC(C)CCCCC(C)C.CC(C)Cc1cccc(C(C)C)c1C(C)C.CC(C)c1cccc(C(C)(C)C(C)C)c1C(C)C.Cc1cccc(C(C)(C)C(C)C)c1C(C)C.Cc1cccc(CC(C)C)c1C(C)C.[2H]C([2H])([2H])c1cccc(C(C)(C)C(C)C)c1C(C)C.[2H]C([2H])([2H])c1cccc(CC(C)C)c1C(C)C. The van der Waals surface area contributed by atoms with Gasteiger partial charge in [-0.25, -0.2) is 0 Å². The number of benzene rings is 6. The summed E-state index contributed by atoms with van der Waals surface area (Å²) in [4.78, 5) is 0. The Hall–Kier alpha value is -4.68. The number of rotatable bonds is 25. The quantitative estimate of drug-likeness (QED) is 0.0501. The standard InChI is InChI=1S/C18H30.3C16H26.2C14H22.C10H22/c1-12(2)15-10-9-11-16(17(15)13(3)4)18(7,8)14(5)6;2*1-11(2)15-13(5)9-8-10-14(15)16(6,7)12(3)4;1-11(2)10-14-8-7-9-15(12(3)4)16(14)13(5)6;2*1-10(2)9-13-8-6-7-12(5)14(13)11(3)4;1-9(2)7-5-6-8-10(3)4/h9-14H,1-8H3;2*8-12H,1-7H3;7-9,11-13H,10H2,1-6H3;2*6-8,10-11H,9H2,1-5H3;9-10H,5-8H2,1-4H3/i;5D3;;;5D3;;. The van der Waals surface area contributed by atoms with Gasteiger partial charge in [-0.05, 0) is 258 Å². The topological polar surface area (TPSA) is 0 Å². The summed E-state index contributed by atoms with van der Waals surface area (Å²) in [6.07, 6.45) is 9.02. The second-order valence-electron chi connectivity index (χ2n) is 38.3. The van der Waals surface area contributed by atoms with E-state index in [4.69, 9.17) is 8.22 Å². The second kappa shape index (κ2) is 47.3. The van der Waals surface area contributed by atoms with E-state index < -0.39 is 13.7 Å². The summed E-state index contributed by atoms with van der Waals surface area (Å²) >= 11 is 0. The van der Waals surface area contributed by atoms with Gasteiger partial charge in [0.05, 0.1) is 0 Å². The zero-order chi connectivity index (χ0) is 85.8. The number of unbranched alkanes of at least 4 members (excludes halogenated alkanes) is 1. The molecule has 0 heterocycles. The third-order valence-corrected chi connectivity index (χ3v) is 22.2. The highest BCUT2D eigenvalue weighted by Crippen LogP contribution is 2.42. The first kappa shape index (κ1) is 88.2. The van der Waals surface area contributed by atoms with Gasteiger partial charge in [-0.15, -0.1) is 0 Å². The summed E-state index contributed by atoms with van der Waals surface area (Å²) in [5.41, 5.74) is 24.2. The predicted octanol–water partition coefficient (Wildman–Crippen LogP) is 33.6. The van der Waals surface area contributed by atoms with Crippen LogP contribution in [0.5, 0.6) is 0 Å². The van der Waals surface area contributed by atoms with E-state index in [1.165, 1.54) is 83.0 Å². The van der Waals surface area contributed by atoms with Crippen LogP contribution in [0.4, 0.5) is 0 Å². The summed E-state index contributed by atoms with van der Waals surface area (Å²) in [5, 5.41) is 0. The molecular weight excluding hydrogens is 1250 g/mol. The lowest BCUT2D eigenvalue weighted by Crippen LogP contribution is -2.27. The molecule has 0 aliphatic heterocycles. The molecule has 0 saturated carbocycles. The molecule has 0 fully saturated rings. The molecule has 0 bridgehead atoms. The molecule has 6 rings (SSSR count). The van der Waals surface area contributed by atoms with Crippen LogP contribution in [0.15, 0.2) is 109 Å². The molecule has 0 radical (unpaired) electrons. The van der Waals surface area contributed by atoms with Crippen LogP contribution in [0.3, 0.4) is 0 Å². The third-order valence-electron chi connectivity index (χ3n) is 22.2. The van der Waals surface area contributed by atoms with Gasteiger partial charge in [0.25, 0.3) is 0 Å². The van der Waals surface area contributed by atoms with Crippen LogP contribution in [0.1, 0.15) is 444 Å². The molecule has 0 aromatic heterocycles. The van der Waals surface area contributed by atoms with Crippen molar-refractivity contribution >= 4 is 0 Å². The number of hydrogen-bond acceptors (Lipinski definition) is 0. The van der Waals surface area contributed by atoms with Crippen molar-refractivity contribution in [2.45, 2.75) is 399 Å². The van der Waals surface area contributed by atoms with Gasteiger partial charge in [0.15, 0.2) is 0 Å². The summed E-state index contributed by atoms with van der Waals surface area (Å²) in [6, 6.07) is 38.5. The van der Waals surface area contributed by atoms with Gasteiger partial charge in [0, 0.05) is 8.22 Å². The lowest BCUT2D eigenvalue weighted by Gasteiger charge is -2.34. The van der Waals surface area contributed by atoms with Crippen LogP contribution in [-0.2, 0) is 35.5 Å². The molecule has 0 spiro atoms. The second-order valence-corrected chi connectivity index (χ2v) is 38.3. The van der Waals surface area contributed by atoms with E-state index in [1.807, 2.05) is 12.1 Å². The Morgan fingerprint density at radius 2 is 0.481 bits per heavy atom. The van der Waals surface area contributed by atoms with Crippen LogP contribution in [0.25, 0.3) is 0 Å². The van der Waals surface area contributed by atoms with Crippen LogP contribution in [0, 0.1) is 74.9 Å². The first-order valence-corrected chi connectivity index (χ1v) is 42.0. The van der Waals surface area contributed by atoms with Crippen molar-refractivity contribution < 1.29 is 8.22 Å². The maximum Gasteiger partial charge on any atom is 0.0280 e. The van der Waals surface area contributed by atoms with Crippen LogP contribution >= 0.6 is 0 Å². The van der Waals surface area contributed by atoms with Gasteiger partial charge in [0.1, 0.15) is 0 Å². The van der Waals surface area contributed by atoms with E-state index in [0.29, 0.717) is 70.3 Å². The van der Waals surface area contributed by atoms with E-state index in [9.17, 15) is 0 Å². The summed E-state index contributed by atoms with van der Waals surface area (Å²) in [7, 11) is 0. The Balaban J connectivity index is 0.00000127. The smallest absolute Gasteiger partial charge is 0.0280 e. The minimum atomic E-state index is -2.04. The van der Waals surface area contributed by atoms with Gasteiger partial charge in [-0.1, -0.05) is 398 Å². The summed E-state index contributed by atoms with van der Waals surface area (Å²) in [5.74, 6) is 9.75. The molecule has 104 heavy (non-hydrogen) atoms. The van der Waals surface area contributed by atoms with Crippen molar-refractivity contribution in [2.75, 3.05) is 0 Å². The maximum atomic E-state index is 7.75. The molecule has 0 amide bonds. The molecule has 0 N–H and O–H groups in total. The van der Waals surface area contributed by atoms with E-state index in [0.717, 1.165) is 41.2 Å². The third kappa shape index (κ3) is 32.6. The largest absolute Gasteiger partial charge is 0.0628 e. The highest BCUT2D eigenvalue weighted by molar-refractivity contribution is 5.46. The van der Waals surface area contributed by atoms with Crippen molar-refractivity contribution in [3.05, 3.63) is 209 Å². The van der Waals surface area contributed by atoms with Gasteiger partial charge < -0.3 is 0 Å². The highest BCUT2D eigenvalue weighted by Gasteiger charge is 2.32. The minimum Gasteiger partial charge on any atom is -0.0628 e. The van der Waals surface area contributed by atoms with Gasteiger partial charge in [0.2, 0.25) is 0 Å². The van der Waals surface area contributed by atoms with Crippen molar-refractivity contribution in [1.29, 1.82) is 0 Å². The molecule has 0 saturated heterocycles. The van der Waals surface area contributed by atoms with Crippen LogP contribution in [0.2, 0.25) is 0 Å². The van der Waals surface area contributed by atoms with Crippen LogP contribution < -0.4 is 0 Å². The Kier molecular flexibility index (Phi) is 40.1. The molecule has 0 atom stereocenters.